The van der Waals surface area contributed by atoms with Gasteiger partial charge in [0.15, 0.2) is 0 Å². The molecule has 0 aromatic heterocycles. The first kappa shape index (κ1) is 16.0. The first-order chi connectivity index (χ1) is 12.0. The maximum absolute atomic E-state index is 14.4. The molecule has 1 fully saturated rings. The van der Waals surface area contributed by atoms with Gasteiger partial charge in [-0.05, 0) is 36.4 Å². The van der Waals surface area contributed by atoms with Crippen molar-refractivity contribution in [1.29, 1.82) is 0 Å². The maximum atomic E-state index is 14.4. The number of piperazine rings is 1. The topological polar surface area (TPSA) is 23.6 Å². The van der Waals surface area contributed by atoms with E-state index < -0.39 is 11.6 Å². The molecule has 0 spiro atoms. The van der Waals surface area contributed by atoms with Crippen molar-refractivity contribution in [2.24, 2.45) is 0 Å². The summed E-state index contributed by atoms with van der Waals surface area (Å²) in [6.07, 6.45) is 1.90. The monoisotopic (exact) mass is 340 g/mol. The Balaban J connectivity index is 1.84. The molecule has 0 radical (unpaired) electrons. The minimum Gasteiger partial charge on any atom is -0.323 e. The van der Waals surface area contributed by atoms with Gasteiger partial charge in [0.2, 0.25) is 5.91 Å². The largest absolute Gasteiger partial charge is 0.323 e. The second kappa shape index (κ2) is 6.08. The van der Waals surface area contributed by atoms with E-state index in [1.165, 1.54) is 6.07 Å². The van der Waals surface area contributed by atoms with Crippen molar-refractivity contribution in [3.05, 3.63) is 77.4 Å². The molecular weight excluding hydrogens is 322 g/mol. The molecule has 25 heavy (non-hydrogen) atoms. The van der Waals surface area contributed by atoms with E-state index in [9.17, 15) is 13.6 Å². The number of nitrogens with zero attached hydrogens (tertiary/aromatic N) is 2. The van der Waals surface area contributed by atoms with E-state index in [1.807, 2.05) is 48.4 Å². The van der Waals surface area contributed by atoms with Crippen molar-refractivity contribution in [1.82, 2.24) is 9.80 Å². The van der Waals surface area contributed by atoms with Gasteiger partial charge in [-0.15, -0.1) is 0 Å². The normalized spacial score (nSPS) is 23.6. The van der Waals surface area contributed by atoms with Crippen LogP contribution in [0.4, 0.5) is 8.78 Å². The lowest BCUT2D eigenvalue weighted by atomic mass is 9.97. The van der Waals surface area contributed by atoms with E-state index >= 15 is 0 Å². The Morgan fingerprint density at radius 2 is 1.84 bits per heavy atom. The first-order valence-electron chi connectivity index (χ1n) is 8.26. The van der Waals surface area contributed by atoms with E-state index in [4.69, 9.17) is 0 Å². The van der Waals surface area contributed by atoms with Crippen LogP contribution in [0, 0.1) is 11.6 Å². The highest BCUT2D eigenvalue weighted by molar-refractivity contribution is 5.87. The van der Waals surface area contributed by atoms with Gasteiger partial charge in [-0.1, -0.05) is 36.4 Å². The second-order valence-corrected chi connectivity index (χ2v) is 6.62. The Morgan fingerprint density at radius 3 is 2.60 bits per heavy atom. The number of carbonyl (C=O) groups excluding carboxylic acids is 1. The maximum Gasteiger partial charge on any atom is 0.238 e. The molecule has 128 valence electrons. The summed E-state index contributed by atoms with van der Waals surface area (Å²) >= 11 is 0. The van der Waals surface area contributed by atoms with Gasteiger partial charge in [0, 0.05) is 12.1 Å². The molecule has 2 atom stereocenters. The van der Waals surface area contributed by atoms with E-state index in [1.54, 1.807) is 4.90 Å². The van der Waals surface area contributed by atoms with Crippen LogP contribution < -0.4 is 0 Å². The molecule has 0 bridgehead atoms. The molecule has 5 heteroatoms. The van der Waals surface area contributed by atoms with Crippen molar-refractivity contribution in [2.45, 2.75) is 12.1 Å². The summed E-state index contributed by atoms with van der Waals surface area (Å²) in [4.78, 5) is 16.4. The molecule has 3 nitrogen and oxygen atoms in total. The van der Waals surface area contributed by atoms with Crippen LogP contribution in [0.25, 0.3) is 5.57 Å². The Morgan fingerprint density at radius 1 is 1.08 bits per heavy atom. The number of carbonyl (C=O) groups is 1. The lowest BCUT2D eigenvalue weighted by Crippen LogP contribution is -2.54. The minimum atomic E-state index is -0.484. The summed E-state index contributed by atoms with van der Waals surface area (Å²) in [7, 11) is 1.87. The lowest BCUT2D eigenvalue weighted by molar-refractivity contribution is -0.138. The van der Waals surface area contributed by atoms with Crippen LogP contribution >= 0.6 is 0 Å². The van der Waals surface area contributed by atoms with Crippen molar-refractivity contribution < 1.29 is 13.6 Å². The predicted molar refractivity (Wildman–Crippen MR) is 91.6 cm³/mol. The van der Waals surface area contributed by atoms with Crippen LogP contribution in [0.1, 0.15) is 17.2 Å². The zero-order valence-corrected chi connectivity index (χ0v) is 13.8. The summed E-state index contributed by atoms with van der Waals surface area (Å²) in [5.74, 6) is -0.958. The number of amides is 1. The van der Waals surface area contributed by atoms with Gasteiger partial charge in [0.05, 0.1) is 18.6 Å². The molecule has 2 aliphatic rings. The number of fused-ring (bicyclic) bond motifs is 1. The van der Waals surface area contributed by atoms with E-state index in [-0.39, 0.29) is 23.6 Å². The molecular formula is C20H18F2N2O. The fraction of sp³-hybridized carbons (Fsp3) is 0.250. The van der Waals surface area contributed by atoms with Crippen LogP contribution in [-0.4, -0.2) is 41.9 Å². The Labute approximate surface area is 145 Å². The number of hydrogen-bond donors (Lipinski definition) is 0. The van der Waals surface area contributed by atoms with Crippen LogP contribution in [-0.2, 0) is 4.79 Å². The number of halogens is 2. The molecule has 2 aromatic carbocycles. The van der Waals surface area contributed by atoms with Crippen molar-refractivity contribution in [3.8, 4) is 0 Å². The molecule has 2 heterocycles. The van der Waals surface area contributed by atoms with Crippen LogP contribution in [0.15, 0.2) is 54.6 Å². The highest BCUT2D eigenvalue weighted by Crippen LogP contribution is 2.41. The smallest absolute Gasteiger partial charge is 0.238 e. The summed E-state index contributed by atoms with van der Waals surface area (Å²) < 4.78 is 28.1. The molecule has 2 aliphatic heterocycles. The second-order valence-electron chi connectivity index (χ2n) is 6.62. The van der Waals surface area contributed by atoms with E-state index in [0.29, 0.717) is 18.7 Å². The van der Waals surface area contributed by atoms with Gasteiger partial charge in [0.1, 0.15) is 11.6 Å². The van der Waals surface area contributed by atoms with Gasteiger partial charge < -0.3 is 4.90 Å². The zero-order valence-electron chi connectivity index (χ0n) is 13.8. The highest BCUT2D eigenvalue weighted by Gasteiger charge is 2.43. The van der Waals surface area contributed by atoms with Gasteiger partial charge in [-0.25, -0.2) is 8.78 Å². The predicted octanol–water partition coefficient (Wildman–Crippen LogP) is 3.25. The highest BCUT2D eigenvalue weighted by atomic mass is 19.1. The Hall–Kier alpha value is -2.53. The average molecular weight is 340 g/mol. The molecule has 4 rings (SSSR count). The summed E-state index contributed by atoms with van der Waals surface area (Å²) in [6, 6.07) is 12.6. The number of rotatable bonds is 2. The third-order valence-electron chi connectivity index (χ3n) is 4.89. The van der Waals surface area contributed by atoms with Gasteiger partial charge in [0.25, 0.3) is 0 Å². The third kappa shape index (κ3) is 2.74. The lowest BCUT2D eigenvalue weighted by Gasteiger charge is -2.39. The zero-order chi connectivity index (χ0) is 17.6. The fourth-order valence-corrected chi connectivity index (χ4v) is 3.79. The molecule has 1 unspecified atom stereocenters. The molecule has 2 aromatic rings. The number of likely N-dealkylation sites (N-methyl/N-ethyl adjacent to an activating group) is 1. The summed E-state index contributed by atoms with van der Waals surface area (Å²) in [5, 5.41) is 0. The van der Waals surface area contributed by atoms with Gasteiger partial charge >= 0.3 is 0 Å². The Bertz CT molecular complexity index is 850. The fourth-order valence-electron chi connectivity index (χ4n) is 3.79. The van der Waals surface area contributed by atoms with Gasteiger partial charge in [-0.2, -0.15) is 0 Å². The number of benzene rings is 2. The van der Waals surface area contributed by atoms with Crippen LogP contribution in [0.2, 0.25) is 0 Å². The average Bonchev–Trinajstić information content (AvgIpc) is 2.97. The molecule has 1 saturated heterocycles. The summed E-state index contributed by atoms with van der Waals surface area (Å²) in [6.45, 7) is 0.920. The molecule has 0 aliphatic carbocycles. The Kier molecular flexibility index (Phi) is 3.88. The SMILES string of the molecule is CN1CC(=O)N2C(c3ccccc3)C=C(c3cc(F)ccc3F)[C@H]2C1. The standard InChI is InChI=1S/C20H18F2N2O/c1-23-11-19-16(15-9-14(21)7-8-17(15)22)10-18(24(19)20(25)12-23)13-5-3-2-4-6-13/h2-10,18-19H,11-12H2,1H3/t18?,19-/m1/s1. The van der Waals surface area contributed by atoms with Crippen molar-refractivity contribution in [2.75, 3.05) is 20.1 Å². The van der Waals surface area contributed by atoms with E-state index in [0.717, 1.165) is 17.7 Å². The van der Waals surface area contributed by atoms with Gasteiger partial charge in [-0.3, -0.25) is 9.69 Å². The minimum absolute atomic E-state index is 0.00401. The van der Waals surface area contributed by atoms with Crippen molar-refractivity contribution >= 4 is 11.5 Å². The molecule has 0 N–H and O–H groups in total. The van der Waals surface area contributed by atoms with Crippen molar-refractivity contribution in [3.63, 3.8) is 0 Å². The van der Waals surface area contributed by atoms with E-state index in [2.05, 4.69) is 0 Å². The third-order valence-corrected chi connectivity index (χ3v) is 4.89. The molecule has 0 saturated carbocycles. The first-order valence-corrected chi connectivity index (χ1v) is 8.26. The molecule has 1 amide bonds. The van der Waals surface area contributed by atoms with Crippen LogP contribution in [0.3, 0.4) is 0 Å². The summed E-state index contributed by atoms with van der Waals surface area (Å²) in [5.41, 5.74) is 1.87. The van der Waals surface area contributed by atoms with Crippen LogP contribution in [0.5, 0.6) is 0 Å². The quantitative estimate of drug-likeness (QED) is 0.838. The number of hydrogen-bond acceptors (Lipinski definition) is 2.